The van der Waals surface area contributed by atoms with Gasteiger partial charge in [-0.15, -0.1) is 0 Å². The van der Waals surface area contributed by atoms with Crippen molar-refractivity contribution >= 4 is 21.8 Å². The van der Waals surface area contributed by atoms with Gasteiger partial charge in [0, 0.05) is 16.9 Å². The van der Waals surface area contributed by atoms with Gasteiger partial charge >= 0.3 is 0 Å². The molecule has 0 aliphatic carbocycles. The number of amides is 1. The fourth-order valence-corrected chi connectivity index (χ4v) is 2.03. The van der Waals surface area contributed by atoms with Crippen LogP contribution in [0.4, 0.5) is 0 Å². The number of rotatable bonds is 5. The summed E-state index contributed by atoms with van der Waals surface area (Å²) < 4.78 is 1.01. The number of hydrogen-bond acceptors (Lipinski definition) is 2. The second-order valence-corrected chi connectivity index (χ2v) is 5.87. The Morgan fingerprint density at radius 3 is 2.61 bits per heavy atom. The zero-order valence-electron chi connectivity index (χ0n) is 11.1. The first-order valence-corrected chi connectivity index (χ1v) is 7.00. The molecule has 18 heavy (non-hydrogen) atoms. The number of carbonyl (C=O) groups is 1. The van der Waals surface area contributed by atoms with E-state index in [1.165, 1.54) is 0 Å². The van der Waals surface area contributed by atoms with Crippen LogP contribution in [-0.2, 0) is 4.79 Å². The molecule has 0 saturated carbocycles. The van der Waals surface area contributed by atoms with Crippen LogP contribution in [0.1, 0.15) is 38.8 Å². The average Bonchev–Trinajstić information content (AvgIpc) is 2.28. The Balaban J connectivity index is 2.54. The normalized spacial score (nSPS) is 14.3. The van der Waals surface area contributed by atoms with E-state index in [1.807, 2.05) is 45.0 Å². The van der Waals surface area contributed by atoms with E-state index in [0.717, 1.165) is 10.0 Å². The highest BCUT2D eigenvalue weighted by Crippen LogP contribution is 2.18. The summed E-state index contributed by atoms with van der Waals surface area (Å²) in [5.41, 5.74) is 6.97. The minimum absolute atomic E-state index is 0.00340. The van der Waals surface area contributed by atoms with Gasteiger partial charge in [-0.25, -0.2) is 0 Å². The van der Waals surface area contributed by atoms with Gasteiger partial charge in [-0.2, -0.15) is 0 Å². The fourth-order valence-electron chi connectivity index (χ4n) is 1.61. The minimum Gasteiger partial charge on any atom is -0.350 e. The van der Waals surface area contributed by atoms with Gasteiger partial charge in [-0.3, -0.25) is 4.79 Å². The highest BCUT2D eigenvalue weighted by Gasteiger charge is 2.15. The fraction of sp³-hybridized carbons (Fsp3) is 0.500. The first kappa shape index (κ1) is 15.2. The number of halogens is 1. The van der Waals surface area contributed by atoms with Crippen molar-refractivity contribution in [1.82, 2.24) is 5.32 Å². The summed E-state index contributed by atoms with van der Waals surface area (Å²) in [6, 6.07) is 7.84. The van der Waals surface area contributed by atoms with Crippen LogP contribution in [-0.4, -0.2) is 11.9 Å². The van der Waals surface area contributed by atoms with Gasteiger partial charge in [-0.05, 0) is 30.5 Å². The topological polar surface area (TPSA) is 55.1 Å². The van der Waals surface area contributed by atoms with Crippen molar-refractivity contribution in [3.05, 3.63) is 34.3 Å². The molecule has 0 fully saturated rings. The molecule has 1 unspecified atom stereocenters. The average molecular weight is 313 g/mol. The van der Waals surface area contributed by atoms with E-state index in [9.17, 15) is 4.79 Å². The lowest BCUT2D eigenvalue weighted by molar-refractivity contribution is -0.122. The second-order valence-electron chi connectivity index (χ2n) is 4.96. The van der Waals surface area contributed by atoms with Crippen molar-refractivity contribution in [3.63, 3.8) is 0 Å². The Kier molecular flexibility index (Phi) is 5.82. The Hall–Kier alpha value is -0.870. The second kappa shape index (κ2) is 6.90. The van der Waals surface area contributed by atoms with Crippen LogP contribution in [0.25, 0.3) is 0 Å². The first-order valence-electron chi connectivity index (χ1n) is 6.20. The SMILES string of the molecule is CC(C)C(N)CC(=O)N[C@@H](C)c1cccc(Br)c1. The molecule has 0 radical (unpaired) electrons. The Morgan fingerprint density at radius 1 is 1.39 bits per heavy atom. The maximum atomic E-state index is 11.8. The van der Waals surface area contributed by atoms with Crippen LogP contribution in [0.2, 0.25) is 0 Å². The molecule has 0 saturated heterocycles. The van der Waals surface area contributed by atoms with Crippen LogP contribution >= 0.6 is 15.9 Å². The van der Waals surface area contributed by atoms with E-state index in [1.54, 1.807) is 0 Å². The summed E-state index contributed by atoms with van der Waals surface area (Å²) >= 11 is 3.42. The van der Waals surface area contributed by atoms with E-state index in [-0.39, 0.29) is 18.0 Å². The van der Waals surface area contributed by atoms with Gasteiger partial charge in [0.1, 0.15) is 0 Å². The van der Waals surface area contributed by atoms with E-state index < -0.39 is 0 Å². The van der Waals surface area contributed by atoms with Crippen LogP contribution in [0.15, 0.2) is 28.7 Å². The van der Waals surface area contributed by atoms with Gasteiger partial charge in [0.05, 0.1) is 6.04 Å². The van der Waals surface area contributed by atoms with Crippen molar-refractivity contribution in [2.75, 3.05) is 0 Å². The standard InChI is InChI=1S/C14H21BrN2O/c1-9(2)13(16)8-14(18)17-10(3)11-5-4-6-12(15)7-11/h4-7,9-10,13H,8,16H2,1-3H3,(H,17,18)/t10-,13?/m0/s1. The molecule has 0 bridgehead atoms. The molecule has 3 N–H and O–H groups in total. The Bertz CT molecular complexity index is 407. The lowest BCUT2D eigenvalue weighted by Gasteiger charge is -2.18. The summed E-state index contributed by atoms with van der Waals surface area (Å²) in [6.07, 6.45) is 0.371. The van der Waals surface area contributed by atoms with E-state index in [0.29, 0.717) is 12.3 Å². The number of hydrogen-bond donors (Lipinski definition) is 2. The van der Waals surface area contributed by atoms with Crippen LogP contribution in [0, 0.1) is 5.92 Å². The predicted molar refractivity (Wildman–Crippen MR) is 78.1 cm³/mol. The Morgan fingerprint density at radius 2 is 2.06 bits per heavy atom. The molecule has 100 valence electrons. The van der Waals surface area contributed by atoms with Gasteiger partial charge < -0.3 is 11.1 Å². The van der Waals surface area contributed by atoms with Gasteiger partial charge in [0.25, 0.3) is 0 Å². The first-order chi connectivity index (χ1) is 8.40. The quantitative estimate of drug-likeness (QED) is 0.878. The van der Waals surface area contributed by atoms with Crippen molar-refractivity contribution < 1.29 is 4.79 Å². The van der Waals surface area contributed by atoms with Crippen molar-refractivity contribution in [1.29, 1.82) is 0 Å². The van der Waals surface area contributed by atoms with Crippen molar-refractivity contribution in [2.45, 2.75) is 39.3 Å². The molecule has 1 amide bonds. The molecular formula is C14H21BrN2O. The number of nitrogens with two attached hydrogens (primary N) is 1. The van der Waals surface area contributed by atoms with Crippen LogP contribution in [0.5, 0.6) is 0 Å². The summed E-state index contributed by atoms with van der Waals surface area (Å²) in [5, 5.41) is 2.97. The Labute approximate surface area is 117 Å². The van der Waals surface area contributed by atoms with E-state index in [4.69, 9.17) is 5.73 Å². The zero-order valence-corrected chi connectivity index (χ0v) is 12.7. The molecule has 4 heteroatoms. The summed E-state index contributed by atoms with van der Waals surface area (Å²) in [7, 11) is 0. The maximum Gasteiger partial charge on any atom is 0.222 e. The molecule has 0 aromatic heterocycles. The van der Waals surface area contributed by atoms with Gasteiger partial charge in [0.15, 0.2) is 0 Å². The van der Waals surface area contributed by atoms with Gasteiger partial charge in [-0.1, -0.05) is 41.9 Å². The minimum atomic E-state index is -0.0836. The largest absolute Gasteiger partial charge is 0.350 e. The smallest absolute Gasteiger partial charge is 0.222 e. The third-order valence-corrected chi connectivity index (χ3v) is 3.50. The zero-order chi connectivity index (χ0) is 13.7. The monoisotopic (exact) mass is 312 g/mol. The lowest BCUT2D eigenvalue weighted by atomic mass is 10.0. The predicted octanol–water partition coefficient (Wildman–Crippen LogP) is 3.00. The van der Waals surface area contributed by atoms with E-state index in [2.05, 4.69) is 21.2 Å². The molecular weight excluding hydrogens is 292 g/mol. The third kappa shape index (κ3) is 4.78. The van der Waals surface area contributed by atoms with E-state index >= 15 is 0 Å². The molecule has 0 spiro atoms. The summed E-state index contributed by atoms with van der Waals surface area (Å²) in [6.45, 7) is 6.02. The number of carbonyl (C=O) groups excluding carboxylic acids is 1. The van der Waals surface area contributed by atoms with Gasteiger partial charge in [0.2, 0.25) is 5.91 Å². The number of nitrogens with one attached hydrogen (secondary N) is 1. The molecule has 0 heterocycles. The summed E-state index contributed by atoms with van der Waals surface area (Å²) in [5.74, 6) is 0.320. The molecule has 2 atom stereocenters. The highest BCUT2D eigenvalue weighted by atomic mass is 79.9. The highest BCUT2D eigenvalue weighted by molar-refractivity contribution is 9.10. The van der Waals surface area contributed by atoms with Crippen LogP contribution < -0.4 is 11.1 Å². The molecule has 1 aromatic carbocycles. The number of benzene rings is 1. The summed E-state index contributed by atoms with van der Waals surface area (Å²) in [4.78, 5) is 11.8. The third-order valence-electron chi connectivity index (χ3n) is 3.00. The van der Waals surface area contributed by atoms with Crippen LogP contribution in [0.3, 0.4) is 0 Å². The molecule has 0 aliphatic heterocycles. The lowest BCUT2D eigenvalue weighted by Crippen LogP contribution is -2.35. The van der Waals surface area contributed by atoms with Crippen molar-refractivity contribution in [2.24, 2.45) is 11.7 Å². The molecule has 0 aliphatic rings. The molecule has 1 rings (SSSR count). The molecule has 3 nitrogen and oxygen atoms in total. The van der Waals surface area contributed by atoms with Crippen molar-refractivity contribution in [3.8, 4) is 0 Å². The molecule has 1 aromatic rings. The maximum absolute atomic E-state index is 11.8.